The molecule has 0 N–H and O–H groups in total. The van der Waals surface area contributed by atoms with Gasteiger partial charge in [-0.1, -0.05) is 34.6 Å². The van der Waals surface area contributed by atoms with Crippen LogP contribution >= 0.6 is 0 Å². The second kappa shape index (κ2) is 7.71. The van der Waals surface area contributed by atoms with Crippen LogP contribution in [0.5, 0.6) is 0 Å². The maximum absolute atomic E-state index is 2.89. The Kier molecular flexibility index (Phi) is 6.03. The van der Waals surface area contributed by atoms with Gasteiger partial charge in [0.25, 0.3) is 0 Å². The third-order valence-corrected chi connectivity index (χ3v) is 11.7. The number of likely N-dealkylation sites (tertiary alicyclic amines) is 1. The SMILES string of the molecule is CC(C)(C)N1C2CCC1CN(C(C)(C)CCC(C)(C)C13CCC(C(C)(C)C)(CC1)CC3)C2. The Morgan fingerprint density at radius 1 is 0.625 bits per heavy atom. The van der Waals surface area contributed by atoms with Crippen molar-refractivity contribution in [3.63, 3.8) is 0 Å². The number of hydrogen-bond acceptors (Lipinski definition) is 2. The number of fused-ring (bicyclic) bond motifs is 5. The van der Waals surface area contributed by atoms with E-state index in [-0.39, 0.29) is 0 Å². The smallest absolute Gasteiger partial charge is 0.0232 e. The zero-order valence-electron chi connectivity index (χ0n) is 23.5. The van der Waals surface area contributed by atoms with Gasteiger partial charge in [-0.3, -0.25) is 9.80 Å². The van der Waals surface area contributed by atoms with Gasteiger partial charge in [0, 0.05) is 36.3 Å². The van der Waals surface area contributed by atoms with Crippen molar-refractivity contribution in [2.45, 2.75) is 157 Å². The van der Waals surface area contributed by atoms with E-state index in [9.17, 15) is 0 Å². The molecular weight excluding hydrogens is 388 g/mol. The first-order chi connectivity index (χ1) is 14.5. The molecule has 3 aliphatic carbocycles. The Bertz CT molecular complexity index is 650. The van der Waals surface area contributed by atoms with Gasteiger partial charge in [0.1, 0.15) is 0 Å². The summed E-state index contributed by atoms with van der Waals surface area (Å²) in [4.78, 5) is 5.74. The van der Waals surface area contributed by atoms with Gasteiger partial charge >= 0.3 is 0 Å². The maximum atomic E-state index is 2.89. The molecule has 2 heteroatoms. The molecule has 0 aromatic carbocycles. The lowest BCUT2D eigenvalue weighted by molar-refractivity contribution is -0.131. The van der Waals surface area contributed by atoms with Crippen molar-refractivity contribution >= 4 is 0 Å². The molecule has 5 rings (SSSR count). The van der Waals surface area contributed by atoms with Gasteiger partial charge in [0.05, 0.1) is 0 Å². The number of rotatable bonds is 5. The van der Waals surface area contributed by atoms with E-state index < -0.39 is 0 Å². The van der Waals surface area contributed by atoms with E-state index in [0.717, 1.165) is 12.1 Å². The summed E-state index contributed by atoms with van der Waals surface area (Å²) >= 11 is 0. The fraction of sp³-hybridized carbons (Fsp3) is 1.00. The zero-order valence-corrected chi connectivity index (χ0v) is 23.5. The highest BCUT2D eigenvalue weighted by Gasteiger charge is 2.58. The first kappa shape index (κ1) is 25.0. The quantitative estimate of drug-likeness (QED) is 0.425. The van der Waals surface area contributed by atoms with Crippen molar-refractivity contribution in [1.29, 1.82) is 0 Å². The first-order valence-corrected chi connectivity index (χ1v) is 14.1. The van der Waals surface area contributed by atoms with Crippen LogP contribution < -0.4 is 0 Å². The molecule has 32 heavy (non-hydrogen) atoms. The normalized spacial score (nSPS) is 37.3. The molecule has 0 radical (unpaired) electrons. The largest absolute Gasteiger partial charge is 0.295 e. The zero-order chi connectivity index (χ0) is 23.8. The molecule has 5 aliphatic rings. The average molecular weight is 445 g/mol. The predicted molar refractivity (Wildman–Crippen MR) is 139 cm³/mol. The lowest BCUT2D eigenvalue weighted by Gasteiger charge is -2.63. The van der Waals surface area contributed by atoms with Crippen LogP contribution in [0, 0.1) is 21.7 Å². The summed E-state index contributed by atoms with van der Waals surface area (Å²) in [6.07, 6.45) is 14.4. The molecule has 2 aliphatic heterocycles. The summed E-state index contributed by atoms with van der Waals surface area (Å²) in [5, 5.41) is 0. The average Bonchev–Trinajstić information content (AvgIpc) is 2.98. The van der Waals surface area contributed by atoms with Crippen LogP contribution in [0.3, 0.4) is 0 Å². The van der Waals surface area contributed by atoms with E-state index in [2.05, 4.69) is 79.0 Å². The number of hydrogen-bond donors (Lipinski definition) is 0. The molecule has 0 amide bonds. The van der Waals surface area contributed by atoms with Crippen LogP contribution in [0.1, 0.15) is 133 Å². The third-order valence-electron chi connectivity index (χ3n) is 11.7. The molecule has 2 nitrogen and oxygen atoms in total. The van der Waals surface area contributed by atoms with E-state index in [1.165, 1.54) is 77.3 Å². The number of nitrogens with zero attached hydrogens (tertiary/aromatic N) is 2. The summed E-state index contributed by atoms with van der Waals surface area (Å²) in [6.45, 7) is 27.7. The van der Waals surface area contributed by atoms with E-state index in [0.29, 0.717) is 32.7 Å². The van der Waals surface area contributed by atoms with Gasteiger partial charge in [0.2, 0.25) is 0 Å². The Hall–Kier alpha value is -0.0800. The Morgan fingerprint density at radius 2 is 1.06 bits per heavy atom. The van der Waals surface area contributed by atoms with Crippen LogP contribution in [-0.4, -0.2) is 46.1 Å². The van der Waals surface area contributed by atoms with Crippen molar-refractivity contribution in [2.75, 3.05) is 13.1 Å². The summed E-state index contributed by atoms with van der Waals surface area (Å²) in [5.74, 6) is 0. The van der Waals surface area contributed by atoms with Gasteiger partial charge < -0.3 is 0 Å². The number of piperazine rings is 1. The maximum Gasteiger partial charge on any atom is 0.0232 e. The molecule has 2 heterocycles. The molecule has 2 saturated heterocycles. The fourth-order valence-corrected chi connectivity index (χ4v) is 8.86. The third kappa shape index (κ3) is 4.02. The van der Waals surface area contributed by atoms with Gasteiger partial charge in [-0.25, -0.2) is 0 Å². The molecule has 0 aromatic rings. The molecule has 186 valence electrons. The van der Waals surface area contributed by atoms with Crippen molar-refractivity contribution in [3.05, 3.63) is 0 Å². The van der Waals surface area contributed by atoms with Gasteiger partial charge in [0.15, 0.2) is 0 Å². The molecule has 4 bridgehead atoms. The van der Waals surface area contributed by atoms with E-state index >= 15 is 0 Å². The molecule has 0 aromatic heterocycles. The van der Waals surface area contributed by atoms with E-state index in [1.807, 2.05) is 0 Å². The molecule has 0 spiro atoms. The molecule has 5 fully saturated rings. The molecule has 2 atom stereocenters. The summed E-state index contributed by atoms with van der Waals surface area (Å²) < 4.78 is 0. The van der Waals surface area contributed by atoms with Gasteiger partial charge in [-0.15, -0.1) is 0 Å². The minimum absolute atomic E-state index is 0.313. The highest BCUT2D eigenvalue weighted by molar-refractivity contribution is 5.09. The van der Waals surface area contributed by atoms with Crippen LogP contribution in [0.2, 0.25) is 0 Å². The van der Waals surface area contributed by atoms with Gasteiger partial charge in [-0.05, 0) is 120 Å². The van der Waals surface area contributed by atoms with Crippen LogP contribution in [0.15, 0.2) is 0 Å². The minimum atomic E-state index is 0.313. The van der Waals surface area contributed by atoms with E-state index in [4.69, 9.17) is 0 Å². The summed E-state index contributed by atoms with van der Waals surface area (Å²) in [5.41, 5.74) is 2.78. The topological polar surface area (TPSA) is 6.48 Å². The highest BCUT2D eigenvalue weighted by atomic mass is 15.4. The van der Waals surface area contributed by atoms with Crippen LogP contribution in [-0.2, 0) is 0 Å². The Labute approximate surface area is 201 Å². The molecule has 2 unspecified atom stereocenters. The first-order valence-electron chi connectivity index (χ1n) is 14.1. The van der Waals surface area contributed by atoms with Crippen LogP contribution in [0.25, 0.3) is 0 Å². The Balaban J connectivity index is 1.39. The Morgan fingerprint density at radius 3 is 1.47 bits per heavy atom. The van der Waals surface area contributed by atoms with Crippen molar-refractivity contribution in [1.82, 2.24) is 9.80 Å². The van der Waals surface area contributed by atoms with Crippen molar-refractivity contribution in [2.24, 2.45) is 21.7 Å². The second-order valence-corrected chi connectivity index (χ2v) is 15.9. The van der Waals surface area contributed by atoms with E-state index in [1.54, 1.807) is 0 Å². The summed E-state index contributed by atoms with van der Waals surface area (Å²) in [7, 11) is 0. The van der Waals surface area contributed by atoms with Crippen molar-refractivity contribution in [3.8, 4) is 0 Å². The van der Waals surface area contributed by atoms with Crippen molar-refractivity contribution < 1.29 is 0 Å². The lowest BCUT2D eigenvalue weighted by Crippen LogP contribution is -2.63. The lowest BCUT2D eigenvalue weighted by atomic mass is 9.42. The fourth-order valence-electron chi connectivity index (χ4n) is 8.86. The highest BCUT2D eigenvalue weighted by Crippen LogP contribution is 2.68. The minimum Gasteiger partial charge on any atom is -0.295 e. The monoisotopic (exact) mass is 444 g/mol. The summed E-state index contributed by atoms with van der Waals surface area (Å²) in [6, 6.07) is 1.53. The predicted octanol–water partition coefficient (Wildman–Crippen LogP) is 7.91. The van der Waals surface area contributed by atoms with Gasteiger partial charge in [-0.2, -0.15) is 0 Å². The van der Waals surface area contributed by atoms with Crippen LogP contribution in [0.4, 0.5) is 0 Å². The standard InChI is InChI=1S/C30H56N2/c1-25(2,3)29-15-18-30(19-16-29,20-17-29)27(7,8)13-14-28(9,10)31-21-23-11-12-24(22-31)32(23)26(4,5)6/h23-24H,11-22H2,1-10H3. The molecule has 3 saturated carbocycles. The molecular formula is C30H56N2. The second-order valence-electron chi connectivity index (χ2n) is 15.9.